The molecule has 1 spiro atoms. The van der Waals surface area contributed by atoms with Crippen LogP contribution in [0.2, 0.25) is 0 Å². The standard InChI is InChI=1S/C12H22N2/c1-11(2,3)10(13)14-9-7-12(8-9)5-4-6-12/h9H,4-8H2,1-3H3,(H2,13,14). The molecule has 2 nitrogen and oxygen atoms in total. The molecule has 0 atom stereocenters. The van der Waals surface area contributed by atoms with Crippen LogP contribution in [0.15, 0.2) is 4.99 Å². The van der Waals surface area contributed by atoms with Crippen molar-refractivity contribution in [2.75, 3.05) is 0 Å². The van der Waals surface area contributed by atoms with Crippen molar-refractivity contribution in [2.24, 2.45) is 21.6 Å². The van der Waals surface area contributed by atoms with Crippen molar-refractivity contribution in [2.45, 2.75) is 58.9 Å². The van der Waals surface area contributed by atoms with Crippen molar-refractivity contribution >= 4 is 5.84 Å². The van der Waals surface area contributed by atoms with Crippen LogP contribution in [0, 0.1) is 10.8 Å². The summed E-state index contributed by atoms with van der Waals surface area (Å²) in [6.07, 6.45) is 6.90. The van der Waals surface area contributed by atoms with Gasteiger partial charge in [0.05, 0.1) is 11.9 Å². The Morgan fingerprint density at radius 1 is 1.29 bits per heavy atom. The number of hydrogen-bond donors (Lipinski definition) is 1. The van der Waals surface area contributed by atoms with Crippen molar-refractivity contribution in [3.63, 3.8) is 0 Å². The second-order valence-corrected chi connectivity index (χ2v) is 6.18. The van der Waals surface area contributed by atoms with Crippen LogP contribution >= 0.6 is 0 Å². The van der Waals surface area contributed by atoms with Gasteiger partial charge < -0.3 is 5.73 Å². The molecule has 2 aliphatic carbocycles. The summed E-state index contributed by atoms with van der Waals surface area (Å²) < 4.78 is 0. The predicted molar refractivity (Wildman–Crippen MR) is 60.4 cm³/mol. The van der Waals surface area contributed by atoms with Crippen molar-refractivity contribution in [1.29, 1.82) is 0 Å². The molecule has 0 amide bonds. The van der Waals surface area contributed by atoms with Gasteiger partial charge in [-0.2, -0.15) is 0 Å². The Hall–Kier alpha value is -0.530. The minimum Gasteiger partial charge on any atom is -0.387 e. The molecule has 80 valence electrons. The number of rotatable bonds is 1. The van der Waals surface area contributed by atoms with Gasteiger partial charge in [0.1, 0.15) is 0 Å². The molecule has 2 saturated carbocycles. The maximum Gasteiger partial charge on any atom is 0.0994 e. The summed E-state index contributed by atoms with van der Waals surface area (Å²) in [6, 6.07) is 0.537. The van der Waals surface area contributed by atoms with E-state index in [-0.39, 0.29) is 5.41 Å². The fourth-order valence-electron chi connectivity index (χ4n) is 2.51. The molecule has 0 unspecified atom stereocenters. The molecule has 2 heteroatoms. The molecule has 2 aliphatic rings. The Morgan fingerprint density at radius 2 is 1.86 bits per heavy atom. The molecule has 0 aromatic rings. The Morgan fingerprint density at radius 3 is 2.21 bits per heavy atom. The monoisotopic (exact) mass is 194 g/mol. The van der Waals surface area contributed by atoms with Crippen molar-refractivity contribution < 1.29 is 0 Å². The minimum absolute atomic E-state index is 0.0440. The summed E-state index contributed by atoms with van der Waals surface area (Å²) in [5.74, 6) is 0.830. The average molecular weight is 194 g/mol. The first-order valence-corrected chi connectivity index (χ1v) is 5.75. The average Bonchev–Trinajstić information content (AvgIpc) is 1.88. The third-order valence-corrected chi connectivity index (χ3v) is 3.84. The van der Waals surface area contributed by atoms with Gasteiger partial charge in [-0.1, -0.05) is 27.2 Å². The van der Waals surface area contributed by atoms with E-state index >= 15 is 0 Å². The fraction of sp³-hybridized carbons (Fsp3) is 0.917. The van der Waals surface area contributed by atoms with Crippen molar-refractivity contribution in [3.8, 4) is 0 Å². The second kappa shape index (κ2) is 2.98. The van der Waals surface area contributed by atoms with E-state index < -0.39 is 0 Å². The number of amidine groups is 1. The summed E-state index contributed by atoms with van der Waals surface area (Å²) in [7, 11) is 0. The highest BCUT2D eigenvalue weighted by molar-refractivity contribution is 5.85. The van der Waals surface area contributed by atoms with Crippen LogP contribution in [-0.4, -0.2) is 11.9 Å². The van der Waals surface area contributed by atoms with Crippen LogP contribution in [0.3, 0.4) is 0 Å². The number of nitrogens with zero attached hydrogens (tertiary/aromatic N) is 1. The summed E-state index contributed by atoms with van der Waals surface area (Å²) in [5.41, 5.74) is 6.72. The van der Waals surface area contributed by atoms with E-state index in [2.05, 4.69) is 25.8 Å². The van der Waals surface area contributed by atoms with E-state index in [4.69, 9.17) is 5.73 Å². The van der Waals surface area contributed by atoms with E-state index in [1.807, 2.05) is 0 Å². The first-order valence-electron chi connectivity index (χ1n) is 5.75. The lowest BCUT2D eigenvalue weighted by atomic mass is 9.54. The molecule has 0 aromatic heterocycles. The molecule has 0 radical (unpaired) electrons. The molecule has 14 heavy (non-hydrogen) atoms. The fourth-order valence-corrected chi connectivity index (χ4v) is 2.51. The second-order valence-electron chi connectivity index (χ2n) is 6.18. The van der Waals surface area contributed by atoms with E-state index in [1.165, 1.54) is 32.1 Å². The summed E-state index contributed by atoms with van der Waals surface area (Å²) in [5, 5.41) is 0. The zero-order chi connectivity index (χ0) is 10.4. The summed E-state index contributed by atoms with van der Waals surface area (Å²) >= 11 is 0. The molecule has 0 aromatic carbocycles. The van der Waals surface area contributed by atoms with E-state index in [0.29, 0.717) is 11.5 Å². The van der Waals surface area contributed by atoms with E-state index in [9.17, 15) is 0 Å². The SMILES string of the molecule is CC(C)(C)C(N)=NC1CC2(CCC2)C1. The quantitative estimate of drug-likeness (QED) is 0.506. The first kappa shape index (κ1) is 10.0. The molecule has 0 heterocycles. The lowest BCUT2D eigenvalue weighted by Crippen LogP contribution is -2.46. The van der Waals surface area contributed by atoms with Gasteiger partial charge in [-0.05, 0) is 31.1 Å². The predicted octanol–water partition coefficient (Wildman–Crippen LogP) is 2.72. The third-order valence-electron chi connectivity index (χ3n) is 3.84. The van der Waals surface area contributed by atoms with Crippen LogP contribution < -0.4 is 5.73 Å². The smallest absolute Gasteiger partial charge is 0.0994 e. The topological polar surface area (TPSA) is 38.4 Å². The Labute approximate surface area is 87.0 Å². The highest BCUT2D eigenvalue weighted by Crippen LogP contribution is 2.56. The van der Waals surface area contributed by atoms with Gasteiger partial charge in [0, 0.05) is 5.41 Å². The van der Waals surface area contributed by atoms with Gasteiger partial charge in [-0.3, -0.25) is 4.99 Å². The van der Waals surface area contributed by atoms with Crippen LogP contribution in [0.25, 0.3) is 0 Å². The van der Waals surface area contributed by atoms with Gasteiger partial charge in [0.2, 0.25) is 0 Å². The van der Waals surface area contributed by atoms with Gasteiger partial charge in [-0.25, -0.2) is 0 Å². The normalized spacial score (nSPS) is 27.2. The Bertz CT molecular complexity index is 248. The highest BCUT2D eigenvalue weighted by Gasteiger charge is 2.48. The molecule has 0 bridgehead atoms. The van der Waals surface area contributed by atoms with Crippen molar-refractivity contribution in [1.82, 2.24) is 0 Å². The highest BCUT2D eigenvalue weighted by atomic mass is 14.9. The van der Waals surface area contributed by atoms with Crippen molar-refractivity contribution in [3.05, 3.63) is 0 Å². The number of hydrogen-bond acceptors (Lipinski definition) is 1. The molecule has 2 rings (SSSR count). The first-order chi connectivity index (χ1) is 6.41. The Balaban J connectivity index is 1.88. The molecular weight excluding hydrogens is 172 g/mol. The zero-order valence-electron chi connectivity index (χ0n) is 9.64. The van der Waals surface area contributed by atoms with Gasteiger partial charge in [0.25, 0.3) is 0 Å². The largest absolute Gasteiger partial charge is 0.387 e. The van der Waals surface area contributed by atoms with Crippen LogP contribution in [0.5, 0.6) is 0 Å². The zero-order valence-corrected chi connectivity index (χ0v) is 9.64. The van der Waals surface area contributed by atoms with Gasteiger partial charge in [0.15, 0.2) is 0 Å². The van der Waals surface area contributed by atoms with Gasteiger partial charge in [-0.15, -0.1) is 0 Å². The van der Waals surface area contributed by atoms with Gasteiger partial charge >= 0.3 is 0 Å². The maximum atomic E-state index is 5.96. The van der Waals surface area contributed by atoms with Crippen LogP contribution in [0.1, 0.15) is 52.9 Å². The molecule has 2 fully saturated rings. The van der Waals surface area contributed by atoms with E-state index in [0.717, 1.165) is 5.84 Å². The minimum atomic E-state index is 0.0440. The Kier molecular flexibility index (Phi) is 2.13. The van der Waals surface area contributed by atoms with E-state index in [1.54, 1.807) is 0 Å². The summed E-state index contributed by atoms with van der Waals surface area (Å²) in [6.45, 7) is 6.39. The number of aliphatic imine (C=N–C) groups is 1. The summed E-state index contributed by atoms with van der Waals surface area (Å²) in [4.78, 5) is 4.63. The third kappa shape index (κ3) is 1.67. The molecule has 0 saturated heterocycles. The van der Waals surface area contributed by atoms with Crippen LogP contribution in [0.4, 0.5) is 0 Å². The molecule has 0 aliphatic heterocycles. The molecular formula is C12H22N2. The lowest BCUT2D eigenvalue weighted by Gasteiger charge is -2.53. The maximum absolute atomic E-state index is 5.96. The lowest BCUT2D eigenvalue weighted by molar-refractivity contribution is 0.0127. The van der Waals surface area contributed by atoms with Crippen LogP contribution in [-0.2, 0) is 0 Å². The number of nitrogens with two attached hydrogens (primary N) is 1. The molecule has 2 N–H and O–H groups in total.